The maximum Gasteiger partial charge on any atom is 0.209 e. The van der Waals surface area contributed by atoms with E-state index in [1.54, 1.807) is 11.9 Å². The van der Waals surface area contributed by atoms with Crippen LogP contribution in [-0.2, 0) is 4.79 Å². The molecule has 0 aliphatic carbocycles. The molecule has 1 amide bonds. The summed E-state index contributed by atoms with van der Waals surface area (Å²) in [5, 5.41) is 0. The van der Waals surface area contributed by atoms with Crippen molar-refractivity contribution in [1.29, 1.82) is 0 Å². The van der Waals surface area contributed by atoms with Crippen molar-refractivity contribution in [2.45, 2.75) is 19.4 Å². The standard InChI is InChI=1S/C6H14N2O/c1-3-6(7)4-8(2)5-9/h5-6H,3-4,7H2,1-2H3. The van der Waals surface area contributed by atoms with Crippen molar-refractivity contribution in [2.24, 2.45) is 5.73 Å². The second kappa shape index (κ2) is 4.32. The van der Waals surface area contributed by atoms with Crippen LogP contribution in [0.4, 0.5) is 0 Å². The Bertz CT molecular complexity index is 85.1. The molecule has 9 heavy (non-hydrogen) atoms. The lowest BCUT2D eigenvalue weighted by atomic mass is 10.2. The molecule has 0 saturated carbocycles. The van der Waals surface area contributed by atoms with Crippen molar-refractivity contribution < 1.29 is 4.79 Å². The maximum atomic E-state index is 10.0. The monoisotopic (exact) mass is 130 g/mol. The van der Waals surface area contributed by atoms with Gasteiger partial charge in [-0.15, -0.1) is 0 Å². The van der Waals surface area contributed by atoms with Gasteiger partial charge in [0.1, 0.15) is 0 Å². The Labute approximate surface area is 55.8 Å². The molecule has 1 unspecified atom stereocenters. The summed E-state index contributed by atoms with van der Waals surface area (Å²) < 4.78 is 0. The molecule has 0 heterocycles. The number of rotatable bonds is 4. The first kappa shape index (κ1) is 8.43. The molecule has 0 aromatic heterocycles. The topological polar surface area (TPSA) is 46.3 Å². The van der Waals surface area contributed by atoms with Crippen LogP contribution in [0.25, 0.3) is 0 Å². The Hall–Kier alpha value is -0.570. The number of amides is 1. The van der Waals surface area contributed by atoms with Crippen LogP contribution in [0, 0.1) is 0 Å². The average molecular weight is 130 g/mol. The first-order valence-electron chi connectivity index (χ1n) is 3.11. The lowest BCUT2D eigenvalue weighted by Gasteiger charge is -2.14. The zero-order valence-electron chi connectivity index (χ0n) is 6.00. The fourth-order valence-electron chi connectivity index (χ4n) is 0.542. The van der Waals surface area contributed by atoms with E-state index in [9.17, 15) is 4.79 Å². The quantitative estimate of drug-likeness (QED) is 0.536. The highest BCUT2D eigenvalue weighted by Crippen LogP contribution is 1.86. The van der Waals surface area contributed by atoms with Crippen molar-refractivity contribution in [3.8, 4) is 0 Å². The van der Waals surface area contributed by atoms with E-state index >= 15 is 0 Å². The molecular weight excluding hydrogens is 116 g/mol. The normalized spacial score (nSPS) is 12.8. The van der Waals surface area contributed by atoms with Crippen LogP contribution >= 0.6 is 0 Å². The van der Waals surface area contributed by atoms with Crippen molar-refractivity contribution in [3.63, 3.8) is 0 Å². The summed E-state index contributed by atoms with van der Waals surface area (Å²) in [7, 11) is 1.72. The average Bonchev–Trinajstić information content (AvgIpc) is 1.87. The molecule has 0 rings (SSSR count). The fraction of sp³-hybridized carbons (Fsp3) is 0.833. The van der Waals surface area contributed by atoms with Gasteiger partial charge in [0, 0.05) is 19.6 Å². The Morgan fingerprint density at radius 1 is 1.78 bits per heavy atom. The van der Waals surface area contributed by atoms with E-state index in [0.29, 0.717) is 6.54 Å². The molecule has 3 heteroatoms. The maximum absolute atomic E-state index is 10.0. The molecule has 1 atom stereocenters. The van der Waals surface area contributed by atoms with Crippen LogP contribution in [0.5, 0.6) is 0 Å². The second-order valence-corrected chi connectivity index (χ2v) is 2.21. The minimum absolute atomic E-state index is 0.125. The van der Waals surface area contributed by atoms with Crippen LogP contribution in [-0.4, -0.2) is 30.9 Å². The molecule has 0 spiro atoms. The van der Waals surface area contributed by atoms with Gasteiger partial charge < -0.3 is 10.6 Å². The SMILES string of the molecule is CCC(N)CN(C)C=O. The van der Waals surface area contributed by atoms with Gasteiger partial charge in [-0.25, -0.2) is 0 Å². The second-order valence-electron chi connectivity index (χ2n) is 2.21. The van der Waals surface area contributed by atoms with E-state index in [2.05, 4.69) is 0 Å². The van der Waals surface area contributed by atoms with Gasteiger partial charge in [0.15, 0.2) is 0 Å². The molecule has 0 saturated heterocycles. The number of carbonyl (C=O) groups is 1. The van der Waals surface area contributed by atoms with Gasteiger partial charge in [-0.1, -0.05) is 6.92 Å². The van der Waals surface area contributed by atoms with E-state index in [-0.39, 0.29) is 6.04 Å². The number of carbonyl (C=O) groups excluding carboxylic acids is 1. The van der Waals surface area contributed by atoms with Gasteiger partial charge in [0.05, 0.1) is 0 Å². The highest BCUT2D eigenvalue weighted by Gasteiger charge is 2.00. The summed E-state index contributed by atoms with van der Waals surface area (Å²) in [5.41, 5.74) is 5.55. The number of likely N-dealkylation sites (N-methyl/N-ethyl adjacent to an activating group) is 1. The molecule has 0 aliphatic heterocycles. The van der Waals surface area contributed by atoms with Gasteiger partial charge in [-0.05, 0) is 6.42 Å². The number of nitrogens with two attached hydrogens (primary N) is 1. The van der Waals surface area contributed by atoms with E-state index < -0.39 is 0 Å². The third-order valence-electron chi connectivity index (χ3n) is 1.23. The van der Waals surface area contributed by atoms with Gasteiger partial charge in [-0.3, -0.25) is 4.79 Å². The molecule has 0 aliphatic rings. The molecule has 0 aromatic rings. The van der Waals surface area contributed by atoms with Crippen molar-refractivity contribution in [2.75, 3.05) is 13.6 Å². The molecule has 0 fully saturated rings. The smallest absolute Gasteiger partial charge is 0.209 e. The van der Waals surface area contributed by atoms with Gasteiger partial charge in [-0.2, -0.15) is 0 Å². The van der Waals surface area contributed by atoms with Gasteiger partial charge >= 0.3 is 0 Å². The summed E-state index contributed by atoms with van der Waals surface area (Å²) in [4.78, 5) is 11.6. The number of hydrogen-bond acceptors (Lipinski definition) is 2. The van der Waals surface area contributed by atoms with Crippen molar-refractivity contribution >= 4 is 6.41 Å². The van der Waals surface area contributed by atoms with Gasteiger partial charge in [0.2, 0.25) is 6.41 Å². The first-order valence-corrected chi connectivity index (χ1v) is 3.11. The van der Waals surface area contributed by atoms with Crippen LogP contribution < -0.4 is 5.73 Å². The highest BCUT2D eigenvalue weighted by molar-refractivity contribution is 5.46. The zero-order valence-corrected chi connectivity index (χ0v) is 6.00. The lowest BCUT2D eigenvalue weighted by Crippen LogP contribution is -2.33. The third kappa shape index (κ3) is 3.97. The molecule has 3 nitrogen and oxygen atoms in total. The predicted octanol–water partition coefficient (Wildman–Crippen LogP) is -0.188. The highest BCUT2D eigenvalue weighted by atomic mass is 16.1. The number of hydrogen-bond donors (Lipinski definition) is 1. The van der Waals surface area contributed by atoms with Crippen molar-refractivity contribution in [3.05, 3.63) is 0 Å². The Morgan fingerprint density at radius 2 is 2.33 bits per heavy atom. The molecule has 0 aromatic carbocycles. The molecular formula is C6H14N2O. The van der Waals surface area contributed by atoms with Crippen LogP contribution in [0.2, 0.25) is 0 Å². The Kier molecular flexibility index (Phi) is 4.05. The summed E-state index contributed by atoms with van der Waals surface area (Å²) in [6, 6.07) is 0.125. The predicted molar refractivity (Wildman–Crippen MR) is 37.0 cm³/mol. The van der Waals surface area contributed by atoms with Crippen LogP contribution in [0.3, 0.4) is 0 Å². The zero-order chi connectivity index (χ0) is 7.28. The number of nitrogens with zero attached hydrogens (tertiary/aromatic N) is 1. The summed E-state index contributed by atoms with van der Waals surface area (Å²) in [6.45, 7) is 2.66. The van der Waals surface area contributed by atoms with Crippen LogP contribution in [0.1, 0.15) is 13.3 Å². The summed E-state index contributed by atoms with van der Waals surface area (Å²) >= 11 is 0. The van der Waals surface area contributed by atoms with E-state index in [1.165, 1.54) is 0 Å². The van der Waals surface area contributed by atoms with E-state index in [1.807, 2.05) is 6.92 Å². The third-order valence-corrected chi connectivity index (χ3v) is 1.23. The largest absolute Gasteiger partial charge is 0.347 e. The molecule has 2 N–H and O–H groups in total. The molecule has 0 radical (unpaired) electrons. The lowest BCUT2D eigenvalue weighted by molar-refractivity contribution is -0.117. The molecule has 0 bridgehead atoms. The van der Waals surface area contributed by atoms with Crippen molar-refractivity contribution in [1.82, 2.24) is 4.90 Å². The summed E-state index contributed by atoms with van der Waals surface area (Å²) in [6.07, 6.45) is 1.70. The first-order chi connectivity index (χ1) is 4.20. The fourth-order valence-corrected chi connectivity index (χ4v) is 0.542. The van der Waals surface area contributed by atoms with Crippen LogP contribution in [0.15, 0.2) is 0 Å². The minimum Gasteiger partial charge on any atom is -0.347 e. The molecule has 54 valence electrons. The Balaban J connectivity index is 3.33. The minimum atomic E-state index is 0.125. The summed E-state index contributed by atoms with van der Waals surface area (Å²) in [5.74, 6) is 0. The van der Waals surface area contributed by atoms with E-state index in [0.717, 1.165) is 12.8 Å². The van der Waals surface area contributed by atoms with Gasteiger partial charge in [0.25, 0.3) is 0 Å². The Morgan fingerprint density at radius 3 is 2.67 bits per heavy atom. The van der Waals surface area contributed by atoms with E-state index in [4.69, 9.17) is 5.73 Å².